The molecule has 0 aliphatic carbocycles. The van der Waals surface area contributed by atoms with Crippen molar-refractivity contribution < 1.29 is 9.59 Å². The smallest absolute Gasteiger partial charge is 0.228 e. The van der Waals surface area contributed by atoms with E-state index in [1.165, 1.54) is 6.92 Å². The van der Waals surface area contributed by atoms with Gasteiger partial charge in [-0.15, -0.1) is 0 Å². The summed E-state index contributed by atoms with van der Waals surface area (Å²) in [6.45, 7) is 10.4. The fourth-order valence-corrected chi connectivity index (χ4v) is 2.98. The van der Waals surface area contributed by atoms with Crippen LogP contribution in [0.4, 0.5) is 11.4 Å². The molecule has 1 aliphatic rings. The first-order chi connectivity index (χ1) is 11.7. The maximum Gasteiger partial charge on any atom is 0.228 e. The molecule has 0 unspecified atom stereocenters. The summed E-state index contributed by atoms with van der Waals surface area (Å²) < 4.78 is 0. The van der Waals surface area contributed by atoms with Crippen molar-refractivity contribution in [2.24, 2.45) is 5.41 Å². The average Bonchev–Trinajstić information content (AvgIpc) is 2.53. The molecule has 136 valence electrons. The number of benzene rings is 1. The van der Waals surface area contributed by atoms with Gasteiger partial charge in [-0.2, -0.15) is 0 Å². The van der Waals surface area contributed by atoms with Crippen LogP contribution in [0, 0.1) is 5.41 Å². The van der Waals surface area contributed by atoms with Gasteiger partial charge in [0.05, 0.1) is 0 Å². The number of nitrogens with one attached hydrogen (secondary N) is 2. The molecule has 2 amide bonds. The summed E-state index contributed by atoms with van der Waals surface area (Å²) in [5, 5.41) is 5.79. The van der Waals surface area contributed by atoms with Gasteiger partial charge < -0.3 is 20.4 Å². The summed E-state index contributed by atoms with van der Waals surface area (Å²) in [7, 11) is 0. The Bertz CT molecular complexity index is 644. The van der Waals surface area contributed by atoms with Crippen LogP contribution in [0.1, 0.15) is 27.7 Å². The number of amides is 2. The van der Waals surface area contributed by atoms with Crippen LogP contribution in [0.2, 0.25) is 0 Å². The molecule has 0 aromatic heterocycles. The largest absolute Gasteiger partial charge is 0.368 e. The Morgan fingerprint density at radius 2 is 1.60 bits per heavy atom. The molecule has 1 heterocycles. The Morgan fingerprint density at radius 1 is 1.04 bits per heavy atom. The van der Waals surface area contributed by atoms with E-state index in [-0.39, 0.29) is 22.3 Å². The second kappa shape index (κ2) is 7.82. The molecular formula is C18H26N4O2S. The van der Waals surface area contributed by atoms with Gasteiger partial charge in [0.2, 0.25) is 11.8 Å². The molecule has 0 radical (unpaired) electrons. The van der Waals surface area contributed by atoms with Crippen LogP contribution in [-0.4, -0.2) is 48.0 Å². The van der Waals surface area contributed by atoms with Crippen molar-refractivity contribution in [1.82, 2.24) is 10.2 Å². The lowest BCUT2D eigenvalue weighted by Crippen LogP contribution is -2.51. The highest BCUT2D eigenvalue weighted by Gasteiger charge is 2.29. The van der Waals surface area contributed by atoms with Crippen molar-refractivity contribution in [3.8, 4) is 0 Å². The minimum atomic E-state index is -0.332. The minimum absolute atomic E-state index is 0.197. The predicted octanol–water partition coefficient (Wildman–Crippen LogP) is 2.21. The molecule has 25 heavy (non-hydrogen) atoms. The number of anilines is 2. The van der Waals surface area contributed by atoms with Gasteiger partial charge in [0.15, 0.2) is 5.11 Å². The summed E-state index contributed by atoms with van der Waals surface area (Å²) in [4.78, 5) is 27.5. The van der Waals surface area contributed by atoms with Crippen molar-refractivity contribution >= 4 is 40.5 Å². The highest BCUT2D eigenvalue weighted by Crippen LogP contribution is 2.22. The molecular weight excluding hydrogens is 336 g/mol. The number of rotatable bonds is 2. The van der Waals surface area contributed by atoms with Crippen LogP contribution in [-0.2, 0) is 9.59 Å². The average molecular weight is 362 g/mol. The molecule has 1 fully saturated rings. The highest BCUT2D eigenvalue weighted by molar-refractivity contribution is 7.80. The van der Waals surface area contributed by atoms with Crippen molar-refractivity contribution in [3.05, 3.63) is 24.3 Å². The molecule has 6 nitrogen and oxygen atoms in total. The molecule has 1 aromatic carbocycles. The van der Waals surface area contributed by atoms with Crippen molar-refractivity contribution in [2.75, 3.05) is 36.4 Å². The lowest BCUT2D eigenvalue weighted by molar-refractivity contribution is -0.139. The third-order valence-corrected chi connectivity index (χ3v) is 4.19. The van der Waals surface area contributed by atoms with E-state index >= 15 is 0 Å². The second-order valence-electron chi connectivity index (χ2n) is 7.21. The van der Waals surface area contributed by atoms with E-state index in [0.29, 0.717) is 0 Å². The van der Waals surface area contributed by atoms with Gasteiger partial charge >= 0.3 is 0 Å². The first kappa shape index (κ1) is 19.2. The number of carbonyl (C=O) groups is 2. The monoisotopic (exact) mass is 362 g/mol. The maximum atomic E-state index is 12.3. The zero-order valence-electron chi connectivity index (χ0n) is 15.3. The van der Waals surface area contributed by atoms with Gasteiger partial charge in [-0.1, -0.05) is 20.8 Å². The molecule has 1 aliphatic heterocycles. The molecule has 1 saturated heterocycles. The fraction of sp³-hybridized carbons (Fsp3) is 0.500. The molecule has 2 N–H and O–H groups in total. The summed E-state index contributed by atoms with van der Waals surface area (Å²) in [6, 6.07) is 7.88. The van der Waals surface area contributed by atoms with E-state index in [0.717, 1.165) is 37.6 Å². The number of piperazine rings is 1. The van der Waals surface area contributed by atoms with Gasteiger partial charge in [0.1, 0.15) is 0 Å². The number of thiocarbonyl (C=S) groups is 1. The van der Waals surface area contributed by atoms with E-state index in [4.69, 9.17) is 12.2 Å². The Hall–Kier alpha value is -2.15. The quantitative estimate of drug-likeness (QED) is 0.790. The third kappa shape index (κ3) is 5.42. The Morgan fingerprint density at radius 3 is 2.08 bits per heavy atom. The Labute approximate surface area is 154 Å². The SMILES string of the molecule is CC(=O)NC(=S)Nc1ccc(N2CCN(C(=O)C(C)(C)C)CC2)cc1. The Kier molecular flexibility index (Phi) is 6.00. The summed E-state index contributed by atoms with van der Waals surface area (Å²) in [6.07, 6.45) is 0. The van der Waals surface area contributed by atoms with E-state index in [2.05, 4.69) is 15.5 Å². The van der Waals surface area contributed by atoms with Crippen LogP contribution < -0.4 is 15.5 Å². The van der Waals surface area contributed by atoms with E-state index in [9.17, 15) is 9.59 Å². The fourth-order valence-electron chi connectivity index (χ4n) is 2.72. The van der Waals surface area contributed by atoms with Gasteiger partial charge in [-0.25, -0.2) is 0 Å². The number of hydrogen-bond acceptors (Lipinski definition) is 4. The van der Waals surface area contributed by atoms with E-state index in [1.807, 2.05) is 49.9 Å². The van der Waals surface area contributed by atoms with Crippen LogP contribution in [0.25, 0.3) is 0 Å². The molecule has 0 bridgehead atoms. The van der Waals surface area contributed by atoms with Crippen LogP contribution in [0.3, 0.4) is 0 Å². The Balaban J connectivity index is 1.90. The number of nitrogens with zero attached hydrogens (tertiary/aromatic N) is 2. The number of carbonyl (C=O) groups excluding carboxylic acids is 2. The predicted molar refractivity (Wildman–Crippen MR) is 105 cm³/mol. The standard InChI is InChI=1S/C18H26N4O2S/c1-13(23)19-17(25)20-14-5-7-15(8-6-14)21-9-11-22(12-10-21)16(24)18(2,3)4/h5-8H,9-12H2,1-4H3,(H2,19,20,23,25). The normalized spacial score (nSPS) is 14.9. The maximum absolute atomic E-state index is 12.3. The molecule has 0 atom stereocenters. The topological polar surface area (TPSA) is 64.7 Å². The lowest BCUT2D eigenvalue weighted by Gasteiger charge is -2.38. The van der Waals surface area contributed by atoms with Gasteiger partial charge in [0, 0.05) is 49.9 Å². The first-order valence-electron chi connectivity index (χ1n) is 8.40. The van der Waals surface area contributed by atoms with Crippen molar-refractivity contribution in [3.63, 3.8) is 0 Å². The van der Waals surface area contributed by atoms with Gasteiger partial charge in [0.25, 0.3) is 0 Å². The summed E-state index contributed by atoms with van der Waals surface area (Å²) in [5.74, 6) is 0.00924. The number of hydrogen-bond donors (Lipinski definition) is 2. The minimum Gasteiger partial charge on any atom is -0.368 e. The third-order valence-electron chi connectivity index (χ3n) is 3.99. The van der Waals surface area contributed by atoms with Crippen molar-refractivity contribution in [2.45, 2.75) is 27.7 Å². The van der Waals surface area contributed by atoms with Gasteiger partial charge in [-0.05, 0) is 36.5 Å². The summed E-state index contributed by atoms with van der Waals surface area (Å²) in [5.41, 5.74) is 1.60. The van der Waals surface area contributed by atoms with Crippen LogP contribution in [0.5, 0.6) is 0 Å². The van der Waals surface area contributed by atoms with Crippen LogP contribution in [0.15, 0.2) is 24.3 Å². The zero-order valence-corrected chi connectivity index (χ0v) is 16.1. The molecule has 1 aromatic rings. The lowest BCUT2D eigenvalue weighted by atomic mass is 9.94. The molecule has 0 saturated carbocycles. The van der Waals surface area contributed by atoms with E-state index < -0.39 is 0 Å². The zero-order chi connectivity index (χ0) is 18.6. The van der Waals surface area contributed by atoms with E-state index in [1.54, 1.807) is 0 Å². The molecule has 2 rings (SSSR count). The molecule has 7 heteroatoms. The second-order valence-corrected chi connectivity index (χ2v) is 7.62. The highest BCUT2D eigenvalue weighted by atomic mass is 32.1. The van der Waals surface area contributed by atoms with Crippen LogP contribution >= 0.6 is 12.2 Å². The summed E-state index contributed by atoms with van der Waals surface area (Å²) >= 11 is 5.05. The molecule has 0 spiro atoms. The first-order valence-corrected chi connectivity index (χ1v) is 8.80. The van der Waals surface area contributed by atoms with Crippen molar-refractivity contribution in [1.29, 1.82) is 0 Å². The van der Waals surface area contributed by atoms with Gasteiger partial charge in [-0.3, -0.25) is 9.59 Å².